The quantitative estimate of drug-likeness (QED) is 0.789. The lowest BCUT2D eigenvalue weighted by Crippen LogP contribution is -2.43. The molecular formula is C17H26N2O2. The Labute approximate surface area is 126 Å². The Morgan fingerprint density at radius 3 is 2.86 bits per heavy atom. The van der Waals surface area contributed by atoms with Gasteiger partial charge in [0.2, 0.25) is 0 Å². The summed E-state index contributed by atoms with van der Waals surface area (Å²) in [5.41, 5.74) is 1.52. The molecule has 0 saturated heterocycles. The van der Waals surface area contributed by atoms with Crippen molar-refractivity contribution < 1.29 is 9.90 Å². The summed E-state index contributed by atoms with van der Waals surface area (Å²) in [5, 5.41) is 15.6. The van der Waals surface area contributed by atoms with E-state index in [1.165, 1.54) is 19.3 Å². The summed E-state index contributed by atoms with van der Waals surface area (Å²) in [5.74, 6) is 0.591. The zero-order valence-electron chi connectivity index (χ0n) is 12.9. The lowest BCUT2D eigenvalue weighted by molar-refractivity contribution is 0.199. The summed E-state index contributed by atoms with van der Waals surface area (Å²) in [6, 6.07) is 7.47. The maximum absolute atomic E-state index is 12.1. The van der Waals surface area contributed by atoms with E-state index >= 15 is 0 Å². The Bertz CT molecular complexity index is 474. The van der Waals surface area contributed by atoms with Crippen LogP contribution in [0, 0.1) is 5.92 Å². The van der Waals surface area contributed by atoms with Gasteiger partial charge in [-0.05, 0) is 43.4 Å². The second-order valence-electron chi connectivity index (χ2n) is 5.96. The van der Waals surface area contributed by atoms with Gasteiger partial charge in [-0.2, -0.15) is 0 Å². The summed E-state index contributed by atoms with van der Waals surface area (Å²) in [6.45, 7) is 3.90. The van der Waals surface area contributed by atoms with E-state index in [1.807, 2.05) is 24.3 Å². The highest BCUT2D eigenvalue weighted by Crippen LogP contribution is 2.27. The molecule has 4 nitrogen and oxygen atoms in total. The molecule has 116 valence electrons. The highest BCUT2D eigenvalue weighted by atomic mass is 16.3. The molecule has 2 amide bonds. The first-order valence-electron chi connectivity index (χ1n) is 7.95. The Hall–Kier alpha value is -1.55. The van der Waals surface area contributed by atoms with E-state index in [0.29, 0.717) is 5.92 Å². The van der Waals surface area contributed by atoms with Crippen molar-refractivity contribution in [2.45, 2.75) is 58.1 Å². The summed E-state index contributed by atoms with van der Waals surface area (Å²) in [4.78, 5) is 12.1. The molecule has 0 bridgehead atoms. The van der Waals surface area contributed by atoms with Crippen LogP contribution in [0.15, 0.2) is 24.3 Å². The molecule has 0 aliphatic heterocycles. The number of benzene rings is 1. The lowest BCUT2D eigenvalue weighted by Gasteiger charge is -2.31. The van der Waals surface area contributed by atoms with E-state index in [-0.39, 0.29) is 12.1 Å². The van der Waals surface area contributed by atoms with E-state index in [2.05, 4.69) is 17.6 Å². The van der Waals surface area contributed by atoms with Crippen LogP contribution in [-0.4, -0.2) is 17.2 Å². The van der Waals surface area contributed by atoms with Crippen LogP contribution in [0.1, 0.15) is 57.6 Å². The Kier molecular flexibility index (Phi) is 5.62. The van der Waals surface area contributed by atoms with Crippen molar-refractivity contribution in [2.24, 2.45) is 5.92 Å². The normalized spacial score (nSPS) is 23.4. The molecular weight excluding hydrogens is 264 g/mol. The van der Waals surface area contributed by atoms with Crippen LogP contribution < -0.4 is 10.6 Å². The van der Waals surface area contributed by atoms with Gasteiger partial charge in [0.05, 0.1) is 6.10 Å². The fourth-order valence-electron chi connectivity index (χ4n) is 3.10. The third-order valence-corrected chi connectivity index (χ3v) is 4.38. The predicted octanol–water partition coefficient (Wildman–Crippen LogP) is 3.83. The van der Waals surface area contributed by atoms with Crippen molar-refractivity contribution in [1.29, 1.82) is 0 Å². The van der Waals surface area contributed by atoms with Crippen molar-refractivity contribution in [3.63, 3.8) is 0 Å². The summed E-state index contributed by atoms with van der Waals surface area (Å²) in [7, 11) is 0. The van der Waals surface area contributed by atoms with Crippen LogP contribution >= 0.6 is 0 Å². The first kappa shape index (κ1) is 15.8. The van der Waals surface area contributed by atoms with Gasteiger partial charge in [-0.1, -0.05) is 38.3 Å². The average molecular weight is 290 g/mol. The van der Waals surface area contributed by atoms with E-state index in [9.17, 15) is 9.90 Å². The topological polar surface area (TPSA) is 61.4 Å². The van der Waals surface area contributed by atoms with Crippen molar-refractivity contribution >= 4 is 11.7 Å². The lowest BCUT2D eigenvalue weighted by atomic mass is 9.83. The number of carbonyl (C=O) groups is 1. The number of aliphatic hydroxyl groups excluding tert-OH is 1. The highest BCUT2D eigenvalue weighted by molar-refractivity contribution is 5.89. The monoisotopic (exact) mass is 290 g/mol. The SMILES string of the molecule is CCC1CCCCC1NC(=O)Nc1cccc(C(C)O)c1. The van der Waals surface area contributed by atoms with Gasteiger partial charge in [0.15, 0.2) is 0 Å². The van der Waals surface area contributed by atoms with Gasteiger partial charge >= 0.3 is 6.03 Å². The Balaban J connectivity index is 1.93. The molecule has 1 aromatic carbocycles. The van der Waals surface area contributed by atoms with Crippen molar-refractivity contribution in [2.75, 3.05) is 5.32 Å². The molecule has 2 rings (SSSR count). The number of nitrogens with one attached hydrogen (secondary N) is 2. The maximum atomic E-state index is 12.1. The molecule has 1 saturated carbocycles. The first-order chi connectivity index (χ1) is 10.1. The molecule has 0 heterocycles. The number of hydrogen-bond acceptors (Lipinski definition) is 2. The number of rotatable bonds is 4. The van der Waals surface area contributed by atoms with Crippen LogP contribution in [0.3, 0.4) is 0 Å². The van der Waals surface area contributed by atoms with Crippen LogP contribution in [0.5, 0.6) is 0 Å². The molecule has 0 aromatic heterocycles. The number of amides is 2. The molecule has 3 N–H and O–H groups in total. The van der Waals surface area contributed by atoms with Gasteiger partial charge in [-0.25, -0.2) is 4.79 Å². The van der Waals surface area contributed by atoms with Gasteiger partial charge < -0.3 is 15.7 Å². The minimum absolute atomic E-state index is 0.150. The van der Waals surface area contributed by atoms with E-state index in [4.69, 9.17) is 0 Å². The maximum Gasteiger partial charge on any atom is 0.319 e. The predicted molar refractivity (Wildman–Crippen MR) is 85.3 cm³/mol. The summed E-state index contributed by atoms with van der Waals surface area (Å²) in [6.07, 6.45) is 5.33. The zero-order valence-corrected chi connectivity index (χ0v) is 12.9. The van der Waals surface area contributed by atoms with Crippen molar-refractivity contribution in [1.82, 2.24) is 5.32 Å². The second kappa shape index (κ2) is 7.46. The molecule has 3 unspecified atom stereocenters. The number of carbonyl (C=O) groups excluding carboxylic acids is 1. The fraction of sp³-hybridized carbons (Fsp3) is 0.588. The van der Waals surface area contributed by atoms with Gasteiger partial charge in [0, 0.05) is 11.7 Å². The molecule has 0 spiro atoms. The molecule has 1 aliphatic rings. The van der Waals surface area contributed by atoms with Crippen LogP contribution in [0.2, 0.25) is 0 Å². The molecule has 0 radical (unpaired) electrons. The van der Waals surface area contributed by atoms with Crippen molar-refractivity contribution in [3.05, 3.63) is 29.8 Å². The number of urea groups is 1. The zero-order chi connectivity index (χ0) is 15.2. The average Bonchev–Trinajstić information content (AvgIpc) is 2.48. The second-order valence-corrected chi connectivity index (χ2v) is 5.96. The molecule has 4 heteroatoms. The summed E-state index contributed by atoms with van der Waals surface area (Å²) >= 11 is 0. The first-order valence-corrected chi connectivity index (χ1v) is 7.95. The number of hydrogen-bond donors (Lipinski definition) is 3. The van der Waals surface area contributed by atoms with Gasteiger partial charge in [0.1, 0.15) is 0 Å². The van der Waals surface area contributed by atoms with E-state index in [0.717, 1.165) is 24.1 Å². The largest absolute Gasteiger partial charge is 0.389 e. The minimum atomic E-state index is -0.530. The van der Waals surface area contributed by atoms with Gasteiger partial charge in [-0.15, -0.1) is 0 Å². The Morgan fingerprint density at radius 2 is 2.14 bits per heavy atom. The van der Waals surface area contributed by atoms with Gasteiger partial charge in [0.25, 0.3) is 0 Å². The minimum Gasteiger partial charge on any atom is -0.389 e. The van der Waals surface area contributed by atoms with Crippen LogP contribution in [-0.2, 0) is 0 Å². The summed E-state index contributed by atoms with van der Waals surface area (Å²) < 4.78 is 0. The fourth-order valence-corrected chi connectivity index (χ4v) is 3.10. The van der Waals surface area contributed by atoms with Crippen molar-refractivity contribution in [3.8, 4) is 0 Å². The molecule has 1 fully saturated rings. The van der Waals surface area contributed by atoms with Crippen LogP contribution in [0.25, 0.3) is 0 Å². The molecule has 1 aromatic rings. The Morgan fingerprint density at radius 1 is 1.38 bits per heavy atom. The standard InChI is InChI=1S/C17H26N2O2/c1-3-13-7-4-5-10-16(13)19-17(21)18-15-9-6-8-14(11-15)12(2)20/h6,8-9,11-13,16,20H,3-5,7,10H2,1-2H3,(H2,18,19,21). The van der Waals surface area contributed by atoms with E-state index < -0.39 is 6.10 Å². The van der Waals surface area contributed by atoms with Crippen LogP contribution in [0.4, 0.5) is 10.5 Å². The number of aliphatic hydroxyl groups is 1. The van der Waals surface area contributed by atoms with E-state index in [1.54, 1.807) is 6.92 Å². The molecule has 21 heavy (non-hydrogen) atoms. The molecule has 1 aliphatic carbocycles. The number of anilines is 1. The molecule has 3 atom stereocenters. The highest BCUT2D eigenvalue weighted by Gasteiger charge is 2.24. The third-order valence-electron chi connectivity index (χ3n) is 4.38. The third kappa shape index (κ3) is 4.46. The smallest absolute Gasteiger partial charge is 0.319 e. The van der Waals surface area contributed by atoms with Gasteiger partial charge in [-0.3, -0.25) is 0 Å².